The third kappa shape index (κ3) is 6.62. The number of anilines is 7. The van der Waals surface area contributed by atoms with Crippen molar-refractivity contribution in [2.45, 2.75) is 37.6 Å². The number of rotatable bonds is 9. The van der Waals surface area contributed by atoms with Gasteiger partial charge in [-0.1, -0.05) is 127 Å². The Morgan fingerprint density at radius 1 is 0.422 bits per heavy atom. The molecule has 2 unspecified atom stereocenters. The summed E-state index contributed by atoms with van der Waals surface area (Å²) in [6.45, 7) is 0. The van der Waals surface area contributed by atoms with Gasteiger partial charge < -0.3 is 19.3 Å². The summed E-state index contributed by atoms with van der Waals surface area (Å²) in [5.41, 5.74) is 17.1. The quantitative estimate of drug-likeness (QED) is 0.144. The largest absolute Gasteiger partial charge is 0.337 e. The molecule has 0 amide bonds. The van der Waals surface area contributed by atoms with E-state index in [2.05, 4.69) is 250 Å². The van der Waals surface area contributed by atoms with Crippen LogP contribution in [0.5, 0.6) is 0 Å². The smallest absolute Gasteiger partial charge is 0.0626 e. The number of nitrogens with zero attached hydrogens (tertiary/aromatic N) is 4. The predicted octanol–water partition coefficient (Wildman–Crippen LogP) is 16.2. The zero-order valence-electron chi connectivity index (χ0n) is 35.7. The molecule has 0 saturated heterocycles. The molecule has 2 heterocycles. The molecule has 0 saturated carbocycles. The van der Waals surface area contributed by atoms with Crippen molar-refractivity contribution in [1.82, 2.24) is 4.57 Å². The third-order valence-electron chi connectivity index (χ3n) is 13.4. The van der Waals surface area contributed by atoms with E-state index >= 15 is 0 Å². The molecule has 64 heavy (non-hydrogen) atoms. The van der Waals surface area contributed by atoms with Gasteiger partial charge in [0, 0.05) is 67.9 Å². The fourth-order valence-corrected chi connectivity index (χ4v) is 10.4. The lowest BCUT2D eigenvalue weighted by Crippen LogP contribution is -2.32. The van der Waals surface area contributed by atoms with E-state index in [4.69, 9.17) is 0 Å². The summed E-state index contributed by atoms with van der Waals surface area (Å²) in [6, 6.07) is 62.7. The van der Waals surface area contributed by atoms with Gasteiger partial charge in [-0.2, -0.15) is 0 Å². The van der Waals surface area contributed by atoms with E-state index in [0.717, 1.165) is 59.8 Å². The highest BCUT2D eigenvalue weighted by atomic mass is 15.2. The van der Waals surface area contributed by atoms with Crippen molar-refractivity contribution in [3.63, 3.8) is 0 Å². The summed E-state index contributed by atoms with van der Waals surface area (Å²) in [7, 11) is 0. The monoisotopic (exact) mass is 824 g/mol. The lowest BCUT2D eigenvalue weighted by atomic mass is 9.91. The summed E-state index contributed by atoms with van der Waals surface area (Å²) in [5, 5.41) is 2.53. The van der Waals surface area contributed by atoms with Gasteiger partial charge in [0.25, 0.3) is 0 Å². The minimum absolute atomic E-state index is 0.294. The molecule has 8 aromatic rings. The molecular formula is C60H48N4. The van der Waals surface area contributed by atoms with Crippen LogP contribution in [-0.2, 0) is 0 Å². The molecule has 0 fully saturated rings. The SMILES string of the molecule is C1=CCCC(N2c3ccc(N(c4ccccc4)c4ccc(-c5ccc(N(c6ccccc6)c6ccc7c(c6)c6ccccc6n7C6=CC=CCC6)cc5)cc4)cc3C3C=CC=CC32)=C1. The van der Waals surface area contributed by atoms with E-state index in [-0.39, 0.29) is 0 Å². The number of para-hydroxylation sites is 3. The minimum atomic E-state index is 0.294. The molecular weight excluding hydrogens is 777 g/mol. The number of hydrogen-bond acceptors (Lipinski definition) is 3. The average Bonchev–Trinajstić information content (AvgIpc) is 3.88. The van der Waals surface area contributed by atoms with Gasteiger partial charge >= 0.3 is 0 Å². The second kappa shape index (κ2) is 16.1. The average molecular weight is 825 g/mol. The Kier molecular flexibility index (Phi) is 9.56. The van der Waals surface area contributed by atoms with E-state index in [1.165, 1.54) is 55.6 Å². The standard InChI is InChI=1S/C60H48N4/c1-5-17-45(18-6-1)61(51-37-39-59-55(41-51)53-25-13-15-27-57(53)63(59)47-21-9-3-10-22-47)49-33-29-43(30-34-49)44-31-35-50(36-32-44)62(46-19-7-2-8-20-46)52-38-40-60-56(42-52)54-26-14-16-28-58(54)64(60)48-23-11-4-12-24-48/h1-9,11,13-21,23,25-42,53,57H,10,12,22,24H2. The normalized spacial score (nSPS) is 17.3. The zero-order valence-corrected chi connectivity index (χ0v) is 35.7. The molecule has 2 atom stereocenters. The second-order valence-electron chi connectivity index (χ2n) is 17.1. The highest BCUT2D eigenvalue weighted by Crippen LogP contribution is 2.49. The molecule has 308 valence electrons. The lowest BCUT2D eigenvalue weighted by Gasteiger charge is -2.31. The van der Waals surface area contributed by atoms with Crippen molar-refractivity contribution in [3.8, 4) is 11.1 Å². The van der Waals surface area contributed by atoms with Crippen LogP contribution in [0.15, 0.2) is 236 Å². The van der Waals surface area contributed by atoms with Crippen molar-refractivity contribution in [1.29, 1.82) is 0 Å². The zero-order chi connectivity index (χ0) is 42.4. The van der Waals surface area contributed by atoms with Gasteiger partial charge in [-0.05, 0) is 146 Å². The maximum atomic E-state index is 2.58. The number of hydrogen-bond donors (Lipinski definition) is 0. The van der Waals surface area contributed by atoms with Crippen LogP contribution < -0.4 is 14.7 Å². The van der Waals surface area contributed by atoms with Gasteiger partial charge in [0.1, 0.15) is 0 Å². The van der Waals surface area contributed by atoms with E-state index in [1.807, 2.05) is 0 Å². The van der Waals surface area contributed by atoms with Gasteiger partial charge in [-0.15, -0.1) is 0 Å². The van der Waals surface area contributed by atoms with Crippen LogP contribution >= 0.6 is 0 Å². The summed E-state index contributed by atoms with van der Waals surface area (Å²) >= 11 is 0. The van der Waals surface area contributed by atoms with Gasteiger partial charge in [0.2, 0.25) is 0 Å². The molecule has 4 aliphatic rings. The Bertz CT molecular complexity index is 3220. The summed E-state index contributed by atoms with van der Waals surface area (Å²) in [5.74, 6) is 0.305. The molecule has 4 nitrogen and oxygen atoms in total. The fourth-order valence-electron chi connectivity index (χ4n) is 10.4. The second-order valence-corrected chi connectivity index (χ2v) is 17.1. The Balaban J connectivity index is 0.879. The molecule has 7 aromatic carbocycles. The first-order valence-electron chi connectivity index (χ1n) is 22.7. The summed E-state index contributed by atoms with van der Waals surface area (Å²) < 4.78 is 2.46. The van der Waals surface area contributed by atoms with Crippen molar-refractivity contribution >= 4 is 67.3 Å². The number of fused-ring (bicyclic) bond motifs is 6. The molecule has 0 spiro atoms. The molecule has 12 rings (SSSR count). The van der Waals surface area contributed by atoms with E-state index in [1.54, 1.807) is 0 Å². The van der Waals surface area contributed by atoms with E-state index < -0.39 is 0 Å². The Morgan fingerprint density at radius 2 is 0.953 bits per heavy atom. The number of allylic oxidation sites excluding steroid dienone is 10. The van der Waals surface area contributed by atoms with Crippen molar-refractivity contribution in [2.75, 3.05) is 14.7 Å². The van der Waals surface area contributed by atoms with Crippen molar-refractivity contribution in [2.24, 2.45) is 0 Å². The minimum Gasteiger partial charge on any atom is -0.337 e. The molecule has 1 aliphatic heterocycles. The van der Waals surface area contributed by atoms with E-state index in [0.29, 0.717) is 12.0 Å². The third-order valence-corrected chi connectivity index (χ3v) is 13.4. The van der Waals surface area contributed by atoms with Crippen LogP contribution in [0.25, 0.3) is 38.6 Å². The fraction of sp³-hybridized carbons (Fsp3) is 0.100. The number of aromatic nitrogens is 1. The first-order chi connectivity index (χ1) is 31.8. The molecule has 0 N–H and O–H groups in total. The van der Waals surface area contributed by atoms with Crippen LogP contribution in [0.2, 0.25) is 0 Å². The van der Waals surface area contributed by atoms with Crippen LogP contribution in [0.3, 0.4) is 0 Å². The van der Waals surface area contributed by atoms with Crippen molar-refractivity contribution in [3.05, 3.63) is 242 Å². The predicted molar refractivity (Wildman–Crippen MR) is 271 cm³/mol. The maximum Gasteiger partial charge on any atom is 0.0626 e. The van der Waals surface area contributed by atoms with Crippen LogP contribution in [-0.4, -0.2) is 10.6 Å². The molecule has 3 aliphatic carbocycles. The van der Waals surface area contributed by atoms with Crippen LogP contribution in [0.1, 0.15) is 37.2 Å². The van der Waals surface area contributed by atoms with Crippen molar-refractivity contribution < 1.29 is 0 Å². The van der Waals surface area contributed by atoms with Gasteiger partial charge in [-0.25, -0.2) is 0 Å². The molecule has 0 bridgehead atoms. The Labute approximate surface area is 375 Å². The first-order valence-corrected chi connectivity index (χ1v) is 22.7. The van der Waals surface area contributed by atoms with Crippen LogP contribution in [0.4, 0.5) is 39.8 Å². The van der Waals surface area contributed by atoms with Crippen LogP contribution in [0, 0.1) is 0 Å². The highest BCUT2D eigenvalue weighted by Gasteiger charge is 2.38. The summed E-state index contributed by atoms with van der Waals surface area (Å²) in [4.78, 5) is 7.34. The number of benzene rings is 7. The maximum absolute atomic E-state index is 2.58. The van der Waals surface area contributed by atoms with Gasteiger partial charge in [0.05, 0.1) is 17.1 Å². The van der Waals surface area contributed by atoms with E-state index in [9.17, 15) is 0 Å². The topological polar surface area (TPSA) is 14.7 Å². The molecule has 1 aromatic heterocycles. The Morgan fingerprint density at radius 3 is 1.59 bits per heavy atom. The van der Waals surface area contributed by atoms with Gasteiger partial charge in [0.15, 0.2) is 0 Å². The molecule has 0 radical (unpaired) electrons. The first kappa shape index (κ1) is 37.9. The molecule has 4 heteroatoms. The Hall–Kier alpha value is -7.82. The summed E-state index contributed by atoms with van der Waals surface area (Å²) in [6.07, 6.45) is 26.9. The lowest BCUT2D eigenvalue weighted by molar-refractivity contribution is 0.701. The van der Waals surface area contributed by atoms with Gasteiger partial charge in [-0.3, -0.25) is 0 Å². The highest BCUT2D eigenvalue weighted by molar-refractivity contribution is 6.11.